The molecule has 0 spiro atoms. The number of hydrogen-bond acceptors (Lipinski definition) is 5. The minimum Gasteiger partial charge on any atom is -0.493 e. The molecule has 0 aliphatic carbocycles. The Bertz CT molecular complexity index is 851. The summed E-state index contributed by atoms with van der Waals surface area (Å²) in [4.78, 5) is 4.37. The van der Waals surface area contributed by atoms with Gasteiger partial charge in [0.05, 0.1) is 13.7 Å². The first-order valence-electron chi connectivity index (χ1n) is 7.81. The zero-order chi connectivity index (χ0) is 17.6. The zero-order valence-electron chi connectivity index (χ0n) is 14.0. The number of hydrogen-bond donors (Lipinski definition) is 1. The molecule has 0 fully saturated rings. The number of aromatic amines is 1. The van der Waals surface area contributed by atoms with Gasteiger partial charge >= 0.3 is 0 Å². The van der Waals surface area contributed by atoms with Crippen LogP contribution < -0.4 is 14.2 Å². The number of aromatic nitrogens is 3. The second-order valence-corrected chi connectivity index (χ2v) is 5.12. The highest BCUT2D eigenvalue weighted by Gasteiger charge is 2.11. The van der Waals surface area contributed by atoms with Crippen LogP contribution in [-0.2, 0) is 6.61 Å². The molecular weight excluding hydrogens is 325 g/mol. The SMILES string of the molecule is CCOc1cc(-c2n[nH]c(COc3ccccc3F)n2)ccc1OC. The molecule has 0 aliphatic rings. The fourth-order valence-corrected chi connectivity index (χ4v) is 2.28. The molecule has 130 valence electrons. The largest absolute Gasteiger partial charge is 0.493 e. The van der Waals surface area contributed by atoms with E-state index in [4.69, 9.17) is 14.2 Å². The first-order valence-corrected chi connectivity index (χ1v) is 7.81. The third-order valence-corrected chi connectivity index (χ3v) is 3.45. The van der Waals surface area contributed by atoms with Gasteiger partial charge in [-0.3, -0.25) is 5.10 Å². The van der Waals surface area contributed by atoms with Gasteiger partial charge in [-0.25, -0.2) is 9.37 Å². The van der Waals surface area contributed by atoms with Crippen LogP contribution in [0.3, 0.4) is 0 Å². The first-order chi connectivity index (χ1) is 12.2. The van der Waals surface area contributed by atoms with Gasteiger partial charge < -0.3 is 14.2 Å². The molecule has 0 radical (unpaired) electrons. The molecule has 25 heavy (non-hydrogen) atoms. The van der Waals surface area contributed by atoms with E-state index in [0.717, 1.165) is 5.56 Å². The van der Waals surface area contributed by atoms with Gasteiger partial charge in [0.2, 0.25) is 0 Å². The van der Waals surface area contributed by atoms with Gasteiger partial charge in [-0.1, -0.05) is 12.1 Å². The number of methoxy groups -OCH3 is 1. The molecule has 1 heterocycles. The molecule has 6 nitrogen and oxygen atoms in total. The topological polar surface area (TPSA) is 69.3 Å². The highest BCUT2D eigenvalue weighted by Crippen LogP contribution is 2.31. The molecule has 0 bridgehead atoms. The van der Waals surface area contributed by atoms with Crippen LogP contribution in [-0.4, -0.2) is 28.9 Å². The lowest BCUT2D eigenvalue weighted by atomic mass is 10.2. The van der Waals surface area contributed by atoms with Crippen LogP contribution in [0.25, 0.3) is 11.4 Å². The summed E-state index contributed by atoms with van der Waals surface area (Å²) in [6.45, 7) is 2.51. The second kappa shape index (κ2) is 7.65. The van der Waals surface area contributed by atoms with Gasteiger partial charge in [-0.2, -0.15) is 5.10 Å². The highest BCUT2D eigenvalue weighted by atomic mass is 19.1. The average molecular weight is 343 g/mol. The second-order valence-electron chi connectivity index (χ2n) is 5.12. The van der Waals surface area contributed by atoms with Crippen molar-refractivity contribution in [3.05, 3.63) is 54.1 Å². The molecule has 1 N–H and O–H groups in total. The first kappa shape index (κ1) is 16.8. The Morgan fingerprint density at radius 3 is 2.64 bits per heavy atom. The van der Waals surface area contributed by atoms with Gasteiger partial charge in [-0.15, -0.1) is 0 Å². The molecule has 0 atom stereocenters. The van der Waals surface area contributed by atoms with Crippen molar-refractivity contribution >= 4 is 0 Å². The molecule has 2 aromatic carbocycles. The molecule has 0 amide bonds. The molecule has 7 heteroatoms. The van der Waals surface area contributed by atoms with Crippen LogP contribution in [0.15, 0.2) is 42.5 Å². The predicted molar refractivity (Wildman–Crippen MR) is 90.3 cm³/mol. The van der Waals surface area contributed by atoms with Crippen molar-refractivity contribution in [2.75, 3.05) is 13.7 Å². The lowest BCUT2D eigenvalue weighted by Gasteiger charge is -2.09. The van der Waals surface area contributed by atoms with Gasteiger partial charge in [0.15, 0.2) is 34.7 Å². The summed E-state index contributed by atoms with van der Waals surface area (Å²) >= 11 is 0. The fourth-order valence-electron chi connectivity index (χ4n) is 2.28. The Hall–Kier alpha value is -3.09. The van der Waals surface area contributed by atoms with Crippen LogP contribution in [0.2, 0.25) is 0 Å². The summed E-state index contributed by atoms with van der Waals surface area (Å²) in [6.07, 6.45) is 0. The third-order valence-electron chi connectivity index (χ3n) is 3.45. The summed E-state index contributed by atoms with van der Waals surface area (Å²) in [5.41, 5.74) is 0.776. The van der Waals surface area contributed by atoms with Crippen molar-refractivity contribution in [3.8, 4) is 28.6 Å². The maximum Gasteiger partial charge on any atom is 0.181 e. The van der Waals surface area contributed by atoms with Crippen molar-refractivity contribution in [2.24, 2.45) is 0 Å². The van der Waals surface area contributed by atoms with Crippen LogP contribution in [0.4, 0.5) is 4.39 Å². The molecule has 0 saturated carbocycles. The Kier molecular flexibility index (Phi) is 5.13. The van der Waals surface area contributed by atoms with Crippen molar-refractivity contribution < 1.29 is 18.6 Å². The molecule has 0 unspecified atom stereocenters. The van der Waals surface area contributed by atoms with E-state index in [0.29, 0.717) is 29.8 Å². The van der Waals surface area contributed by atoms with Crippen LogP contribution in [0.1, 0.15) is 12.7 Å². The summed E-state index contributed by atoms with van der Waals surface area (Å²) in [7, 11) is 1.59. The predicted octanol–water partition coefficient (Wildman–Crippen LogP) is 3.60. The summed E-state index contributed by atoms with van der Waals surface area (Å²) in [5, 5.41) is 6.97. The van der Waals surface area contributed by atoms with Gasteiger partial charge in [-0.05, 0) is 37.3 Å². The van der Waals surface area contributed by atoms with E-state index in [2.05, 4.69) is 15.2 Å². The molecular formula is C18H18FN3O3. The molecule has 3 aromatic rings. The van der Waals surface area contributed by atoms with Gasteiger partial charge in [0, 0.05) is 5.56 Å². The number of benzene rings is 2. The number of nitrogens with one attached hydrogen (secondary N) is 1. The Balaban J connectivity index is 1.75. The van der Waals surface area contributed by atoms with E-state index in [1.165, 1.54) is 6.07 Å². The van der Waals surface area contributed by atoms with E-state index in [9.17, 15) is 4.39 Å². The quantitative estimate of drug-likeness (QED) is 0.710. The summed E-state index contributed by atoms with van der Waals surface area (Å²) in [5.74, 6) is 2.01. The molecule has 0 saturated heterocycles. The van der Waals surface area contributed by atoms with Gasteiger partial charge in [0.25, 0.3) is 0 Å². The maximum atomic E-state index is 13.6. The van der Waals surface area contributed by atoms with E-state index in [-0.39, 0.29) is 12.4 Å². The van der Waals surface area contributed by atoms with Crippen molar-refractivity contribution in [1.29, 1.82) is 0 Å². The van der Waals surface area contributed by atoms with E-state index >= 15 is 0 Å². The fraction of sp³-hybridized carbons (Fsp3) is 0.222. The number of ether oxygens (including phenoxy) is 3. The van der Waals surface area contributed by atoms with Gasteiger partial charge in [0.1, 0.15) is 6.61 Å². The molecule has 0 aliphatic heterocycles. The highest BCUT2D eigenvalue weighted by molar-refractivity contribution is 5.60. The smallest absolute Gasteiger partial charge is 0.181 e. The van der Waals surface area contributed by atoms with Crippen molar-refractivity contribution in [3.63, 3.8) is 0 Å². The normalized spacial score (nSPS) is 10.5. The maximum absolute atomic E-state index is 13.6. The lowest BCUT2D eigenvalue weighted by Crippen LogP contribution is -1.99. The Labute approximate surface area is 144 Å². The number of nitrogens with zero attached hydrogens (tertiary/aromatic N) is 2. The molecule has 1 aromatic heterocycles. The number of rotatable bonds is 7. The number of para-hydroxylation sites is 1. The average Bonchev–Trinajstić information content (AvgIpc) is 3.10. The van der Waals surface area contributed by atoms with Crippen molar-refractivity contribution in [1.82, 2.24) is 15.2 Å². The van der Waals surface area contributed by atoms with E-state index in [1.54, 1.807) is 31.4 Å². The number of H-pyrrole nitrogens is 1. The minimum atomic E-state index is -0.418. The van der Waals surface area contributed by atoms with E-state index < -0.39 is 5.82 Å². The van der Waals surface area contributed by atoms with Crippen molar-refractivity contribution in [2.45, 2.75) is 13.5 Å². The van der Waals surface area contributed by atoms with E-state index in [1.807, 2.05) is 19.1 Å². The Morgan fingerprint density at radius 1 is 1.04 bits per heavy atom. The summed E-state index contributed by atoms with van der Waals surface area (Å²) < 4.78 is 29.8. The monoisotopic (exact) mass is 343 g/mol. The minimum absolute atomic E-state index is 0.0857. The third kappa shape index (κ3) is 3.88. The Morgan fingerprint density at radius 2 is 1.88 bits per heavy atom. The van der Waals surface area contributed by atoms with Crippen LogP contribution in [0.5, 0.6) is 17.2 Å². The van der Waals surface area contributed by atoms with Crippen LogP contribution >= 0.6 is 0 Å². The standard InChI is InChI=1S/C18H18FN3O3/c1-3-24-16-10-12(8-9-15(16)23-2)18-20-17(21-22-18)11-25-14-7-5-4-6-13(14)19/h4-10H,3,11H2,1-2H3,(H,20,21,22). The lowest BCUT2D eigenvalue weighted by molar-refractivity contribution is 0.281. The summed E-state index contributed by atoms with van der Waals surface area (Å²) in [6, 6.07) is 11.7. The number of halogens is 1. The molecule has 3 rings (SSSR count). The zero-order valence-corrected chi connectivity index (χ0v) is 14.0. The van der Waals surface area contributed by atoms with Crippen LogP contribution in [0, 0.1) is 5.82 Å².